The normalized spacial score (nSPS) is 21.1. The molecule has 1 saturated heterocycles. The molecule has 2 aliphatic heterocycles. The molecule has 0 spiro atoms. The molecule has 2 aliphatic rings. The fourth-order valence-electron chi connectivity index (χ4n) is 3.65. The van der Waals surface area contributed by atoms with Crippen LogP contribution in [-0.2, 0) is 0 Å². The third-order valence-electron chi connectivity index (χ3n) is 4.88. The van der Waals surface area contributed by atoms with Crippen molar-refractivity contribution in [1.29, 1.82) is 0 Å². The topological polar surface area (TPSA) is 124 Å². The number of hydrogen-bond donors (Lipinski definition) is 4. The highest BCUT2D eigenvalue weighted by Gasteiger charge is 2.38. The van der Waals surface area contributed by atoms with Crippen molar-refractivity contribution in [3.05, 3.63) is 53.0 Å². The van der Waals surface area contributed by atoms with E-state index in [0.29, 0.717) is 27.8 Å². The van der Waals surface area contributed by atoms with Crippen LogP contribution in [0.4, 0.5) is 5.69 Å². The van der Waals surface area contributed by atoms with Crippen LogP contribution < -0.4 is 20.1 Å². The second kappa shape index (κ2) is 6.38. The third kappa shape index (κ3) is 2.96. The van der Waals surface area contributed by atoms with Crippen LogP contribution in [0, 0.1) is 0 Å². The average molecular weight is 402 g/mol. The van der Waals surface area contributed by atoms with Crippen molar-refractivity contribution >= 4 is 16.5 Å². The van der Waals surface area contributed by atoms with Crippen LogP contribution in [0.3, 0.4) is 0 Å². The minimum atomic E-state index is -3.09. The molecule has 0 radical (unpaired) electrons. The van der Waals surface area contributed by atoms with Gasteiger partial charge in [-0.2, -0.15) is 4.72 Å². The van der Waals surface area contributed by atoms with E-state index in [1.54, 1.807) is 36.4 Å². The van der Waals surface area contributed by atoms with Crippen LogP contribution in [0.25, 0.3) is 11.4 Å². The van der Waals surface area contributed by atoms with Crippen LogP contribution in [0.5, 0.6) is 11.5 Å². The van der Waals surface area contributed by atoms with E-state index in [-0.39, 0.29) is 6.17 Å². The minimum absolute atomic E-state index is 0.0504. The predicted molar refractivity (Wildman–Crippen MR) is 104 cm³/mol. The number of rotatable bonds is 3. The number of fused-ring (bicyclic) bond motifs is 3. The first-order chi connectivity index (χ1) is 13.5. The lowest BCUT2D eigenvalue weighted by Gasteiger charge is -2.46. The zero-order chi connectivity index (χ0) is 19.3. The summed E-state index contributed by atoms with van der Waals surface area (Å²) in [7, 11) is -3.09. The summed E-state index contributed by atoms with van der Waals surface area (Å²) in [6, 6.07) is 12.3. The van der Waals surface area contributed by atoms with Gasteiger partial charge in [-0.3, -0.25) is 18.6 Å². The second-order valence-corrected chi connectivity index (χ2v) is 8.49. The van der Waals surface area contributed by atoms with Crippen LogP contribution >= 0.6 is 10.8 Å². The first-order valence-corrected chi connectivity index (χ1v) is 10.3. The number of ether oxygens (including phenoxy) is 1. The van der Waals surface area contributed by atoms with Gasteiger partial charge in [0.2, 0.25) is 0 Å². The number of nitrogens with one attached hydrogen (secondary N) is 2. The van der Waals surface area contributed by atoms with E-state index in [1.165, 1.54) is 0 Å². The summed E-state index contributed by atoms with van der Waals surface area (Å²) in [5, 5.41) is 3.67. The van der Waals surface area contributed by atoms with E-state index >= 15 is 0 Å². The van der Waals surface area contributed by atoms with Gasteiger partial charge in [0, 0.05) is 18.2 Å². The number of anilines is 1. The Balaban J connectivity index is 1.46. The Bertz CT molecular complexity index is 1100. The third-order valence-corrected chi connectivity index (χ3v) is 6.43. The second-order valence-electron chi connectivity index (χ2n) is 6.72. The van der Waals surface area contributed by atoms with Crippen LogP contribution in [-0.4, -0.2) is 32.0 Å². The van der Waals surface area contributed by atoms with Crippen LogP contribution in [0.1, 0.15) is 12.8 Å². The number of aromatic nitrogens is 2. The molecule has 3 aromatic rings. The zero-order valence-electron chi connectivity index (χ0n) is 14.7. The molecule has 1 unspecified atom stereocenters. The number of H-pyrrole nitrogens is 1. The van der Waals surface area contributed by atoms with Crippen molar-refractivity contribution in [1.82, 2.24) is 14.9 Å². The molecule has 0 aliphatic carbocycles. The Morgan fingerprint density at radius 2 is 2.07 bits per heavy atom. The molecule has 3 heterocycles. The molecule has 1 fully saturated rings. The highest BCUT2D eigenvalue weighted by atomic mass is 32.3. The molecule has 2 aromatic carbocycles. The van der Waals surface area contributed by atoms with Crippen molar-refractivity contribution in [3.63, 3.8) is 0 Å². The first-order valence-electron chi connectivity index (χ1n) is 8.80. The number of aromatic amines is 1. The zero-order valence-corrected chi connectivity index (χ0v) is 15.5. The average Bonchev–Trinajstić information content (AvgIpc) is 3.30. The van der Waals surface area contributed by atoms with E-state index < -0.39 is 16.5 Å². The van der Waals surface area contributed by atoms with Gasteiger partial charge in [-0.05, 0) is 37.1 Å². The van der Waals surface area contributed by atoms with E-state index in [1.807, 2.05) is 6.07 Å². The van der Waals surface area contributed by atoms with Gasteiger partial charge in [-0.1, -0.05) is 17.3 Å². The molecule has 1 aromatic heterocycles. The number of nitrogens with zero attached hydrogens (tertiary/aromatic N) is 2. The summed E-state index contributed by atoms with van der Waals surface area (Å²) >= 11 is 0. The SMILES string of the molecule is O=c1[nH]c(-c2cccc(Oc3ccc4c(c3)S(O)(O)NC3CCCN43)c2)no1. The minimum Gasteiger partial charge on any atom is -0.457 e. The maximum absolute atomic E-state index is 11.1. The van der Waals surface area contributed by atoms with Gasteiger partial charge in [0.05, 0.1) is 11.9 Å². The van der Waals surface area contributed by atoms with Gasteiger partial charge in [0.25, 0.3) is 0 Å². The van der Waals surface area contributed by atoms with Crippen molar-refractivity contribution in [2.45, 2.75) is 23.9 Å². The molecule has 4 N–H and O–H groups in total. The Morgan fingerprint density at radius 1 is 1.21 bits per heavy atom. The Labute approximate surface area is 161 Å². The van der Waals surface area contributed by atoms with Gasteiger partial charge in [0.15, 0.2) is 5.82 Å². The van der Waals surface area contributed by atoms with Crippen molar-refractivity contribution in [2.75, 3.05) is 11.4 Å². The summed E-state index contributed by atoms with van der Waals surface area (Å²) < 4.78 is 34.5. The summed E-state index contributed by atoms with van der Waals surface area (Å²) in [6.07, 6.45) is 1.83. The molecule has 28 heavy (non-hydrogen) atoms. The smallest absolute Gasteiger partial charge is 0.439 e. The lowest BCUT2D eigenvalue weighted by atomic mass is 10.2. The lowest BCUT2D eigenvalue weighted by Crippen LogP contribution is -2.46. The van der Waals surface area contributed by atoms with Crippen LogP contribution in [0.15, 0.2) is 56.7 Å². The largest absolute Gasteiger partial charge is 0.457 e. The number of benzene rings is 2. The summed E-state index contributed by atoms with van der Waals surface area (Å²) in [5.74, 6) is 0.665. The maximum Gasteiger partial charge on any atom is 0.439 e. The Morgan fingerprint density at radius 3 is 2.89 bits per heavy atom. The molecule has 10 heteroatoms. The molecule has 1 atom stereocenters. The summed E-state index contributed by atoms with van der Waals surface area (Å²) in [6.45, 7) is 0.873. The fraction of sp³-hybridized carbons (Fsp3) is 0.222. The highest BCUT2D eigenvalue weighted by molar-refractivity contribution is 8.22. The van der Waals surface area contributed by atoms with Crippen molar-refractivity contribution < 1.29 is 18.4 Å². The lowest BCUT2D eigenvalue weighted by molar-refractivity contribution is 0.388. The maximum atomic E-state index is 11.1. The van der Waals surface area contributed by atoms with Gasteiger partial charge >= 0.3 is 5.76 Å². The fourth-order valence-corrected chi connectivity index (χ4v) is 5.16. The standard InChI is InChI=1S/C18H18N4O5S/c23-18-19-17(20-27-18)11-3-1-4-12(9-11)26-13-6-7-14-15(10-13)28(24,25)21-16-5-2-8-22(14)16/h1,3-4,6-7,9-10,16,21,24-25H,2,5,8H2,(H,19,20,23). The monoisotopic (exact) mass is 402 g/mol. The Kier molecular flexibility index (Phi) is 3.95. The Hall–Kier alpha value is -2.79. The molecule has 0 amide bonds. The molecular weight excluding hydrogens is 384 g/mol. The number of hydrogen-bond acceptors (Lipinski definition) is 8. The van der Waals surface area contributed by atoms with Gasteiger partial charge in [0.1, 0.15) is 16.4 Å². The van der Waals surface area contributed by atoms with Crippen LogP contribution in [0.2, 0.25) is 0 Å². The van der Waals surface area contributed by atoms with Crippen molar-refractivity contribution in [3.8, 4) is 22.9 Å². The van der Waals surface area contributed by atoms with E-state index in [2.05, 4.69) is 24.3 Å². The quantitative estimate of drug-likeness (QED) is 0.526. The highest BCUT2D eigenvalue weighted by Crippen LogP contribution is 2.55. The van der Waals surface area contributed by atoms with Gasteiger partial charge in [-0.25, -0.2) is 4.79 Å². The molecule has 9 nitrogen and oxygen atoms in total. The van der Waals surface area contributed by atoms with E-state index in [4.69, 9.17) is 4.74 Å². The van der Waals surface area contributed by atoms with E-state index in [9.17, 15) is 13.9 Å². The molecule has 0 bridgehead atoms. The van der Waals surface area contributed by atoms with Gasteiger partial charge < -0.3 is 9.64 Å². The molecular formula is C18H18N4O5S. The summed E-state index contributed by atoms with van der Waals surface area (Å²) in [4.78, 5) is 16.2. The van der Waals surface area contributed by atoms with E-state index in [0.717, 1.165) is 25.1 Å². The first kappa shape index (κ1) is 17.3. The van der Waals surface area contributed by atoms with Gasteiger partial charge in [-0.15, -0.1) is 10.8 Å². The molecule has 5 rings (SSSR count). The predicted octanol–water partition coefficient (Wildman–Crippen LogP) is 3.38. The van der Waals surface area contributed by atoms with Crippen molar-refractivity contribution in [2.24, 2.45) is 0 Å². The molecule has 146 valence electrons. The molecule has 0 saturated carbocycles. The summed E-state index contributed by atoms with van der Waals surface area (Å²) in [5.41, 5.74) is 1.45.